The minimum Gasteiger partial charge on any atom is -0.383 e. The lowest BCUT2D eigenvalue weighted by molar-refractivity contribution is -0.113. The van der Waals surface area contributed by atoms with E-state index in [2.05, 4.69) is 20.8 Å². The van der Waals surface area contributed by atoms with Gasteiger partial charge in [-0.25, -0.2) is 8.42 Å². The van der Waals surface area contributed by atoms with Crippen molar-refractivity contribution in [3.63, 3.8) is 0 Å². The van der Waals surface area contributed by atoms with Crippen LogP contribution in [-0.4, -0.2) is 81.1 Å². The van der Waals surface area contributed by atoms with Gasteiger partial charge in [0.1, 0.15) is 4.90 Å². The van der Waals surface area contributed by atoms with Crippen molar-refractivity contribution in [2.75, 3.05) is 63.0 Å². The highest BCUT2D eigenvalue weighted by molar-refractivity contribution is 8.01. The summed E-state index contributed by atoms with van der Waals surface area (Å²) in [7, 11) is -2.17. The minimum absolute atomic E-state index is 0.0441. The summed E-state index contributed by atoms with van der Waals surface area (Å²) in [6.45, 7) is 2.35. The molecule has 1 aliphatic heterocycles. The Morgan fingerprint density at radius 3 is 2.87 bits per heavy atom. The third kappa shape index (κ3) is 6.75. The molecule has 0 spiro atoms. The molecule has 1 fully saturated rings. The summed E-state index contributed by atoms with van der Waals surface area (Å²) in [4.78, 5) is 12.3. The fourth-order valence-corrected chi connectivity index (χ4v) is 6.11. The van der Waals surface area contributed by atoms with E-state index >= 15 is 0 Å². The molecule has 14 heteroatoms. The quantitative estimate of drug-likeness (QED) is 0.367. The topological polar surface area (TPSA) is 123 Å². The number of amides is 1. The summed E-state index contributed by atoms with van der Waals surface area (Å²) < 4.78 is 37.9. The maximum Gasteiger partial charge on any atom is 0.244 e. The van der Waals surface area contributed by atoms with Gasteiger partial charge in [-0.15, -0.1) is 10.2 Å². The lowest BCUT2D eigenvalue weighted by Crippen LogP contribution is -2.40. The van der Waals surface area contributed by atoms with E-state index in [0.29, 0.717) is 41.5 Å². The molecule has 0 radical (unpaired) electrons. The highest BCUT2D eigenvalue weighted by Crippen LogP contribution is 2.29. The van der Waals surface area contributed by atoms with Gasteiger partial charge in [0.2, 0.25) is 21.1 Å². The molecule has 0 aliphatic carbocycles. The average molecular weight is 508 g/mol. The van der Waals surface area contributed by atoms with Crippen molar-refractivity contribution in [1.29, 1.82) is 0 Å². The number of methoxy groups -OCH3 is 1. The molecule has 1 aromatic heterocycles. The molecule has 0 atom stereocenters. The van der Waals surface area contributed by atoms with E-state index in [4.69, 9.17) is 21.1 Å². The number of sulfonamides is 1. The van der Waals surface area contributed by atoms with E-state index in [-0.39, 0.29) is 34.7 Å². The fraction of sp³-hybridized carbons (Fsp3) is 0.471. The number of nitrogens with zero attached hydrogens (tertiary/aromatic N) is 3. The van der Waals surface area contributed by atoms with Gasteiger partial charge in [-0.3, -0.25) is 4.79 Å². The van der Waals surface area contributed by atoms with Gasteiger partial charge in [0.05, 0.1) is 30.6 Å². The maximum atomic E-state index is 12.9. The Hall–Kier alpha value is -1.48. The van der Waals surface area contributed by atoms with Gasteiger partial charge in [-0.05, 0) is 18.2 Å². The average Bonchev–Trinajstić information content (AvgIpc) is 3.22. The first-order valence-electron chi connectivity index (χ1n) is 9.26. The Balaban J connectivity index is 1.58. The first-order chi connectivity index (χ1) is 14.9. The first-order valence-corrected chi connectivity index (χ1v) is 12.9. The van der Waals surface area contributed by atoms with Gasteiger partial charge in [-0.1, -0.05) is 34.7 Å². The van der Waals surface area contributed by atoms with E-state index in [9.17, 15) is 13.2 Å². The predicted octanol–water partition coefficient (Wildman–Crippen LogP) is 2.00. The second-order valence-electron chi connectivity index (χ2n) is 6.29. The second kappa shape index (κ2) is 11.4. The van der Waals surface area contributed by atoms with Crippen molar-refractivity contribution in [2.24, 2.45) is 0 Å². The molecule has 2 heterocycles. The van der Waals surface area contributed by atoms with Gasteiger partial charge in [0, 0.05) is 32.4 Å². The number of carbonyl (C=O) groups is 1. The molecule has 2 N–H and O–H groups in total. The Morgan fingerprint density at radius 1 is 1.35 bits per heavy atom. The van der Waals surface area contributed by atoms with Gasteiger partial charge >= 0.3 is 0 Å². The smallest absolute Gasteiger partial charge is 0.244 e. The zero-order valence-electron chi connectivity index (χ0n) is 16.7. The van der Waals surface area contributed by atoms with Crippen molar-refractivity contribution >= 4 is 61.4 Å². The largest absolute Gasteiger partial charge is 0.383 e. The molecule has 1 amide bonds. The van der Waals surface area contributed by atoms with Crippen LogP contribution in [0.15, 0.2) is 27.4 Å². The predicted molar refractivity (Wildman–Crippen MR) is 121 cm³/mol. The number of carbonyl (C=O) groups excluding carboxylic acids is 1. The lowest BCUT2D eigenvalue weighted by atomic mass is 10.3. The SMILES string of the molecule is COCCNc1nnc(SCC(=O)Nc2ccc(Cl)c(S(=O)(=O)N3CCOCC3)c2)s1. The van der Waals surface area contributed by atoms with Crippen LogP contribution in [0.3, 0.4) is 0 Å². The molecule has 10 nitrogen and oxygen atoms in total. The molecule has 2 aromatic rings. The van der Waals surface area contributed by atoms with Crippen LogP contribution in [0.5, 0.6) is 0 Å². The zero-order valence-corrected chi connectivity index (χ0v) is 19.9. The van der Waals surface area contributed by atoms with Gasteiger partial charge < -0.3 is 20.1 Å². The Labute approximate surface area is 193 Å². The number of morpholine rings is 1. The highest BCUT2D eigenvalue weighted by atomic mass is 35.5. The number of benzene rings is 1. The van der Waals surface area contributed by atoms with Gasteiger partial charge in [0.25, 0.3) is 0 Å². The summed E-state index contributed by atoms with van der Waals surface area (Å²) in [5.41, 5.74) is 0.348. The van der Waals surface area contributed by atoms with Crippen molar-refractivity contribution < 1.29 is 22.7 Å². The van der Waals surface area contributed by atoms with Crippen molar-refractivity contribution in [1.82, 2.24) is 14.5 Å². The Kier molecular flexibility index (Phi) is 8.89. The molecule has 0 saturated carbocycles. The van der Waals surface area contributed by atoms with Gasteiger partial charge in [0.15, 0.2) is 4.34 Å². The van der Waals surface area contributed by atoms with Crippen LogP contribution in [0.4, 0.5) is 10.8 Å². The summed E-state index contributed by atoms with van der Waals surface area (Å²) in [6.07, 6.45) is 0. The standard InChI is InChI=1S/C17H22ClN5O5S3/c1-27-7-4-19-16-21-22-17(30-16)29-11-15(24)20-12-2-3-13(18)14(10-12)31(25,26)23-5-8-28-9-6-23/h2-3,10H,4-9,11H2,1H3,(H,19,21)(H,20,24). The van der Waals surface area contributed by atoms with Crippen LogP contribution in [0.2, 0.25) is 5.02 Å². The Morgan fingerprint density at radius 2 is 2.13 bits per heavy atom. The third-order valence-electron chi connectivity index (χ3n) is 4.12. The van der Waals surface area contributed by atoms with Gasteiger partial charge in [-0.2, -0.15) is 4.31 Å². The number of ether oxygens (including phenoxy) is 2. The molecule has 1 saturated heterocycles. The van der Waals surface area contributed by atoms with E-state index in [1.54, 1.807) is 13.2 Å². The number of aromatic nitrogens is 2. The van der Waals surface area contributed by atoms with Crippen LogP contribution in [-0.2, 0) is 24.3 Å². The van der Waals surface area contributed by atoms with E-state index in [0.717, 1.165) is 0 Å². The number of rotatable bonds is 10. The molecular formula is C17H22ClN5O5S3. The molecule has 170 valence electrons. The number of anilines is 2. The van der Waals surface area contributed by atoms with Crippen molar-refractivity contribution in [3.8, 4) is 0 Å². The fourth-order valence-electron chi connectivity index (χ4n) is 2.63. The van der Waals surface area contributed by atoms with Crippen molar-refractivity contribution in [3.05, 3.63) is 23.2 Å². The molecule has 3 rings (SSSR count). The summed E-state index contributed by atoms with van der Waals surface area (Å²) >= 11 is 8.72. The summed E-state index contributed by atoms with van der Waals surface area (Å²) in [6, 6.07) is 4.39. The van der Waals surface area contributed by atoms with Crippen LogP contribution >= 0.6 is 34.7 Å². The number of hydrogen-bond donors (Lipinski definition) is 2. The van der Waals surface area contributed by atoms with E-state index in [1.165, 1.54) is 39.5 Å². The molecule has 0 unspecified atom stereocenters. The highest BCUT2D eigenvalue weighted by Gasteiger charge is 2.28. The number of thioether (sulfide) groups is 1. The van der Waals surface area contributed by atoms with E-state index in [1.807, 2.05) is 0 Å². The van der Waals surface area contributed by atoms with Crippen LogP contribution < -0.4 is 10.6 Å². The molecule has 1 aromatic carbocycles. The summed E-state index contributed by atoms with van der Waals surface area (Å²) in [5, 5.41) is 14.5. The maximum absolute atomic E-state index is 12.9. The number of halogens is 1. The van der Waals surface area contributed by atoms with Crippen molar-refractivity contribution in [2.45, 2.75) is 9.24 Å². The number of hydrogen-bond acceptors (Lipinski definition) is 10. The monoisotopic (exact) mass is 507 g/mol. The minimum atomic E-state index is -3.78. The zero-order chi connectivity index (χ0) is 22.3. The van der Waals surface area contributed by atoms with Crippen LogP contribution in [0.25, 0.3) is 0 Å². The van der Waals surface area contributed by atoms with Crippen LogP contribution in [0, 0.1) is 0 Å². The second-order valence-corrected chi connectivity index (χ2v) is 10.8. The number of nitrogens with one attached hydrogen (secondary N) is 2. The molecule has 1 aliphatic rings. The third-order valence-corrected chi connectivity index (χ3v) is 8.51. The summed E-state index contributed by atoms with van der Waals surface area (Å²) in [5.74, 6) is -0.202. The normalized spacial score (nSPS) is 15.0. The van der Waals surface area contributed by atoms with E-state index < -0.39 is 10.0 Å². The lowest BCUT2D eigenvalue weighted by Gasteiger charge is -2.26. The Bertz CT molecular complexity index is 998. The van der Waals surface area contributed by atoms with Crippen LogP contribution in [0.1, 0.15) is 0 Å². The molecular weight excluding hydrogens is 486 g/mol. The molecule has 31 heavy (non-hydrogen) atoms. The molecule has 0 bridgehead atoms. The first kappa shape index (κ1) is 24.2.